The van der Waals surface area contributed by atoms with Gasteiger partial charge in [0.2, 0.25) is 0 Å². The number of nitriles is 5. The molecule has 9 heteroatoms. The molecular weight excluding hydrogens is 1230 g/mol. The van der Waals surface area contributed by atoms with Crippen LogP contribution in [0.25, 0.3) is 119 Å². The van der Waals surface area contributed by atoms with E-state index in [0.29, 0.717) is 35.1 Å². The van der Waals surface area contributed by atoms with Crippen molar-refractivity contribution in [1.82, 2.24) is 18.3 Å². The normalized spacial score (nSPS) is 17.9. The van der Waals surface area contributed by atoms with Gasteiger partial charge in [0.25, 0.3) is 0 Å². The van der Waals surface area contributed by atoms with E-state index in [1.54, 1.807) is 0 Å². The molecule has 12 aromatic rings. The van der Waals surface area contributed by atoms with Crippen LogP contribution in [0.1, 0.15) is 142 Å². The Bertz CT molecular complexity index is 6200. The van der Waals surface area contributed by atoms with E-state index in [1.807, 2.05) is 42.5 Å². The van der Waals surface area contributed by atoms with Crippen LogP contribution < -0.4 is 0 Å². The number of aryl methyl sites for hydroxylation is 1. The van der Waals surface area contributed by atoms with Gasteiger partial charge in [-0.2, -0.15) is 26.3 Å². The van der Waals surface area contributed by atoms with Crippen molar-refractivity contribution in [2.45, 2.75) is 82.6 Å². The quantitative estimate of drug-likeness (QED) is 0.142. The molecule has 0 saturated carbocycles. The lowest BCUT2D eigenvalue weighted by molar-refractivity contribution is 0.540. The van der Waals surface area contributed by atoms with Gasteiger partial charge in [-0.25, -0.2) is 0 Å². The minimum Gasteiger partial charge on any atom is -0.333 e. The first kappa shape index (κ1) is 60.4. The van der Waals surface area contributed by atoms with Crippen LogP contribution in [0.3, 0.4) is 0 Å². The molecule has 0 radical (unpaired) electrons. The second-order valence-electron chi connectivity index (χ2n) is 27.7. The van der Waals surface area contributed by atoms with Crippen LogP contribution in [0.2, 0.25) is 0 Å². The maximum Gasteiger partial charge on any atom is 0.0998 e. The number of nitrogens with zero attached hydrogens (tertiary/aromatic N) is 9. The lowest BCUT2D eigenvalue weighted by Crippen LogP contribution is -2.28. The first-order valence-electron chi connectivity index (χ1n) is 34.9. The first-order valence-corrected chi connectivity index (χ1v) is 34.9. The highest BCUT2D eigenvalue weighted by molar-refractivity contribution is 6.16. The van der Waals surface area contributed by atoms with Crippen LogP contribution in [0, 0.1) is 56.7 Å². The summed E-state index contributed by atoms with van der Waals surface area (Å²) in [4.78, 5) is 0. The highest BCUT2D eigenvalue weighted by Crippen LogP contribution is 2.52. The van der Waals surface area contributed by atoms with Crippen LogP contribution in [-0.2, 0) is 24.7 Å². The van der Waals surface area contributed by atoms with E-state index >= 15 is 0 Å². The van der Waals surface area contributed by atoms with Crippen molar-refractivity contribution in [3.8, 4) is 64.0 Å². The molecule has 0 amide bonds. The summed E-state index contributed by atoms with van der Waals surface area (Å²) in [6.45, 7) is 4.59. The Morgan fingerprint density at radius 3 is 2.04 bits per heavy atom. The zero-order valence-corrected chi connectivity index (χ0v) is 56.0. The number of fused-ring (bicyclic) bond motifs is 12. The Morgan fingerprint density at radius 1 is 0.495 bits per heavy atom. The van der Waals surface area contributed by atoms with Crippen LogP contribution in [0.15, 0.2) is 230 Å². The highest BCUT2D eigenvalue weighted by atomic mass is 15.0. The average molecular weight is 1300 g/mol. The Morgan fingerprint density at radius 2 is 1.21 bits per heavy atom. The second-order valence-corrected chi connectivity index (χ2v) is 27.7. The van der Waals surface area contributed by atoms with Crippen molar-refractivity contribution in [2.24, 2.45) is 0 Å². The van der Waals surface area contributed by atoms with Gasteiger partial charge in [0.15, 0.2) is 0 Å². The summed E-state index contributed by atoms with van der Waals surface area (Å²) in [6.07, 6.45) is 37.6. The minimum atomic E-state index is -0.493. The monoisotopic (exact) mass is 1300 g/mol. The van der Waals surface area contributed by atoms with Gasteiger partial charge < -0.3 is 18.3 Å². The van der Waals surface area contributed by atoms with Crippen molar-refractivity contribution in [1.29, 1.82) is 26.3 Å². The van der Waals surface area contributed by atoms with Gasteiger partial charge in [0.1, 0.15) is 0 Å². The molecule has 0 bridgehead atoms. The van der Waals surface area contributed by atoms with E-state index in [0.717, 1.165) is 155 Å². The Kier molecular flexibility index (Phi) is 14.3. The van der Waals surface area contributed by atoms with E-state index in [-0.39, 0.29) is 12.0 Å². The van der Waals surface area contributed by atoms with Crippen LogP contribution in [-0.4, -0.2) is 18.3 Å². The standard InChI is InChI=1S/C92H65N9/c1-57-36-41-65(99-80-28-9-3-20-68(80)69-21-4-10-29-81(69)99)51-92(57,2)79-27-16-19-63(56-97)90(79)72-24-7-14-33-85(72)101-87-44-38-60(54-95)48-77(87)78-49-61(40-45-88(78)101)66-26-17-35-89-91(66)73-25-8-13-32-84(73)98(89)64-42-39-62(55-96)74(50-64)67-43-37-59(53-94)46-75(67)70-22-5-11-30-82(70)100-83-31-12-6-23-71(83)76-47-58(52-93)18-15-34-86(76)100/h3,5,7-17,19-20,22,24-39,41-44,46-50,70,82H,4,6,18,21,23,40,45,51H2,1-2H3. The molecule has 0 saturated heterocycles. The summed E-state index contributed by atoms with van der Waals surface area (Å²) < 4.78 is 9.64. The maximum atomic E-state index is 11.3. The second kappa shape index (κ2) is 23.9. The molecule has 478 valence electrons. The van der Waals surface area contributed by atoms with Crippen LogP contribution >= 0.6 is 0 Å². The molecule has 3 unspecified atom stereocenters. The summed E-state index contributed by atoms with van der Waals surface area (Å²) in [5.41, 5.74) is 28.3. The van der Waals surface area contributed by atoms with Crippen molar-refractivity contribution in [2.75, 3.05) is 0 Å². The molecule has 9 nitrogen and oxygen atoms in total. The third kappa shape index (κ3) is 9.38. The summed E-state index contributed by atoms with van der Waals surface area (Å²) >= 11 is 0. The molecular formula is C92H65N9. The highest BCUT2D eigenvalue weighted by Gasteiger charge is 2.39. The van der Waals surface area contributed by atoms with Gasteiger partial charge in [-0.1, -0.05) is 146 Å². The number of hydrogen-bond acceptors (Lipinski definition) is 5. The molecule has 8 aromatic carbocycles. The SMILES string of the molecule is CC1=CC=C(n2c3c(c4ccccc42)CCC=C3)CC1(C)c1cccc(C#N)c1-c1ccccc1-n1c2c(c3cc(C#N)ccc31)C=C(c1cccc3c1c1ccccc1n3-c1ccc(C#N)c(-c3ccc(C#N)cc3C3C=CC=CC3n3c4c(c5c3C=CCC5)C=C(C#N)CC=C4)c1)CC2. The molecule has 0 N–H and O–H groups in total. The molecule has 6 aliphatic rings. The topological polar surface area (TPSA) is 139 Å². The average Bonchev–Trinajstić information content (AvgIpc) is 1.63. The Hall–Kier alpha value is -13.0. The van der Waals surface area contributed by atoms with Gasteiger partial charge in [-0.15, -0.1) is 0 Å². The number of para-hydroxylation sites is 3. The summed E-state index contributed by atoms with van der Waals surface area (Å²) in [7, 11) is 0. The van der Waals surface area contributed by atoms with Gasteiger partial charge in [0.05, 0.1) is 86.4 Å². The summed E-state index contributed by atoms with van der Waals surface area (Å²) in [5, 5.41) is 58.2. The van der Waals surface area contributed by atoms with E-state index in [1.165, 1.54) is 44.6 Å². The fourth-order valence-corrected chi connectivity index (χ4v) is 17.7. The smallest absolute Gasteiger partial charge is 0.0998 e. The molecule has 4 heterocycles. The molecule has 0 fully saturated rings. The van der Waals surface area contributed by atoms with E-state index in [9.17, 15) is 26.3 Å². The summed E-state index contributed by atoms with van der Waals surface area (Å²) in [5.74, 6) is -0.237. The molecule has 18 rings (SSSR count). The number of allylic oxidation sites excluding steroid dienone is 13. The van der Waals surface area contributed by atoms with Crippen LogP contribution in [0.4, 0.5) is 0 Å². The molecule has 101 heavy (non-hydrogen) atoms. The molecule has 3 atom stereocenters. The van der Waals surface area contributed by atoms with Gasteiger partial charge >= 0.3 is 0 Å². The predicted octanol–water partition coefficient (Wildman–Crippen LogP) is 21.6. The molecule has 6 aliphatic carbocycles. The third-order valence-corrected chi connectivity index (χ3v) is 22.5. The van der Waals surface area contributed by atoms with E-state index in [2.05, 4.69) is 269 Å². The van der Waals surface area contributed by atoms with Gasteiger partial charge in [-0.3, -0.25) is 0 Å². The van der Waals surface area contributed by atoms with Gasteiger partial charge in [0, 0.05) is 113 Å². The Labute approximate surface area is 586 Å². The summed E-state index contributed by atoms with van der Waals surface area (Å²) in [6, 6.07) is 69.3. The fraction of sp³-hybridized carbons (Fsp3) is 0.141. The maximum absolute atomic E-state index is 11.3. The number of aromatic nitrogens is 4. The van der Waals surface area contributed by atoms with E-state index < -0.39 is 5.41 Å². The molecule has 0 spiro atoms. The molecule has 0 aliphatic heterocycles. The Balaban J connectivity index is 0.758. The minimum absolute atomic E-state index is 0.198. The lowest BCUT2D eigenvalue weighted by atomic mass is 9.68. The number of benzene rings is 8. The largest absolute Gasteiger partial charge is 0.333 e. The number of hydrogen-bond donors (Lipinski definition) is 0. The first-order chi connectivity index (χ1) is 49.7. The fourth-order valence-electron chi connectivity index (χ4n) is 17.7. The van der Waals surface area contributed by atoms with Crippen molar-refractivity contribution in [3.05, 3.63) is 314 Å². The third-order valence-electron chi connectivity index (χ3n) is 22.5. The van der Waals surface area contributed by atoms with Crippen molar-refractivity contribution >= 4 is 85.3 Å². The van der Waals surface area contributed by atoms with Crippen molar-refractivity contribution < 1.29 is 0 Å². The van der Waals surface area contributed by atoms with Crippen molar-refractivity contribution in [3.63, 3.8) is 0 Å². The number of rotatable bonds is 9. The van der Waals surface area contributed by atoms with E-state index in [4.69, 9.17) is 0 Å². The lowest BCUT2D eigenvalue weighted by Gasteiger charge is -2.38. The zero-order chi connectivity index (χ0) is 68.2. The predicted molar refractivity (Wildman–Crippen MR) is 408 cm³/mol. The van der Waals surface area contributed by atoms with Crippen LogP contribution in [0.5, 0.6) is 0 Å². The zero-order valence-electron chi connectivity index (χ0n) is 56.0. The van der Waals surface area contributed by atoms with Gasteiger partial charge in [-0.05, 0) is 200 Å². The molecule has 4 aromatic heterocycles.